The van der Waals surface area contributed by atoms with Gasteiger partial charge in [0.15, 0.2) is 23.1 Å². The zero-order valence-corrected chi connectivity index (χ0v) is 28.0. The van der Waals surface area contributed by atoms with E-state index in [4.69, 9.17) is 29.0 Å². The van der Waals surface area contributed by atoms with Crippen LogP contribution in [0.1, 0.15) is 34.8 Å². The van der Waals surface area contributed by atoms with E-state index in [9.17, 15) is 10.3 Å². The van der Waals surface area contributed by atoms with Gasteiger partial charge in [-0.1, -0.05) is 69.6 Å². The van der Waals surface area contributed by atoms with Crippen molar-refractivity contribution < 1.29 is 28.8 Å². The Labute approximate surface area is 286 Å². The third-order valence-corrected chi connectivity index (χ3v) is 8.49. The summed E-state index contributed by atoms with van der Waals surface area (Å²) in [7, 11) is 3.13. The lowest BCUT2D eigenvalue weighted by molar-refractivity contribution is -0.130. The topological polar surface area (TPSA) is 159 Å². The summed E-state index contributed by atoms with van der Waals surface area (Å²) in [4.78, 5) is 22.6. The zero-order chi connectivity index (χ0) is 33.9. The number of amides is 1. The van der Waals surface area contributed by atoms with Crippen LogP contribution >= 0.6 is 15.9 Å². The van der Waals surface area contributed by atoms with Gasteiger partial charge in [0.05, 0.1) is 20.8 Å². The first-order valence-electron chi connectivity index (χ1n) is 15.1. The summed E-state index contributed by atoms with van der Waals surface area (Å²) in [5, 5.41) is 13.0. The van der Waals surface area contributed by atoms with Crippen molar-refractivity contribution in [2.24, 2.45) is 10.1 Å². The normalized spacial score (nSPS) is 16.7. The van der Waals surface area contributed by atoms with Gasteiger partial charge in [0.25, 0.3) is 5.91 Å². The molecular weight excluding hydrogens is 680 g/mol. The number of halogens is 1. The van der Waals surface area contributed by atoms with Gasteiger partial charge in [0.2, 0.25) is 5.90 Å². The van der Waals surface area contributed by atoms with Crippen LogP contribution in [-0.2, 0) is 22.5 Å². The molecule has 0 aromatic heterocycles. The minimum Gasteiger partial charge on any atom is -0.494 e. The standard InChI is InChI=1S/C35H35BrN6O6/c1-45-30-17-12-23(20-31(30)46-2)22-38-41-34(44)35(21-25-8-3-6-11-29(25)40-42-37)32(27-9-4-5-10-28(27)36)48-33(39-35)24-13-15-26(16-14-24)47-19-7-18-43/h3-6,8-17,20,32,38,43H,7,18-19,21-22H2,1-2H3,(H,41,44)/t32-,35-/m0/s1. The molecule has 12 nitrogen and oxygen atoms in total. The van der Waals surface area contributed by atoms with E-state index in [0.717, 1.165) is 10.0 Å². The quantitative estimate of drug-likeness (QED) is 0.0417. The SMILES string of the molecule is COc1ccc(CNNC(=O)[C@@]2(Cc3ccccc3N=[N+]=[N-])N=C(c3ccc(OCCCO)cc3)O[C@H]2c2ccccc2Br)cc1OC. The Morgan fingerprint density at radius 1 is 1.04 bits per heavy atom. The summed E-state index contributed by atoms with van der Waals surface area (Å²) in [6.07, 6.45) is -0.324. The van der Waals surface area contributed by atoms with E-state index in [2.05, 4.69) is 36.8 Å². The number of ether oxygens (including phenoxy) is 4. The molecule has 0 aliphatic carbocycles. The largest absolute Gasteiger partial charge is 0.494 e. The van der Waals surface area contributed by atoms with Crippen molar-refractivity contribution in [1.29, 1.82) is 0 Å². The number of nitrogens with zero attached hydrogens (tertiary/aromatic N) is 4. The average Bonchev–Trinajstić information content (AvgIpc) is 3.49. The Bertz CT molecular complexity index is 1810. The van der Waals surface area contributed by atoms with Crippen molar-refractivity contribution in [3.05, 3.63) is 128 Å². The van der Waals surface area contributed by atoms with Crippen LogP contribution in [0.25, 0.3) is 10.4 Å². The third kappa shape index (κ3) is 7.72. The lowest BCUT2D eigenvalue weighted by atomic mass is 9.81. The maximum atomic E-state index is 14.6. The van der Waals surface area contributed by atoms with Gasteiger partial charge < -0.3 is 24.1 Å². The number of carbonyl (C=O) groups is 1. The van der Waals surface area contributed by atoms with Crippen molar-refractivity contribution in [2.45, 2.75) is 31.0 Å². The Morgan fingerprint density at radius 2 is 1.79 bits per heavy atom. The van der Waals surface area contributed by atoms with E-state index in [1.165, 1.54) is 0 Å². The van der Waals surface area contributed by atoms with Gasteiger partial charge >= 0.3 is 0 Å². The third-order valence-electron chi connectivity index (χ3n) is 7.76. The van der Waals surface area contributed by atoms with Gasteiger partial charge in [-0.3, -0.25) is 10.2 Å². The van der Waals surface area contributed by atoms with E-state index in [0.29, 0.717) is 52.7 Å². The van der Waals surface area contributed by atoms with Crippen LogP contribution in [0.3, 0.4) is 0 Å². The van der Waals surface area contributed by atoms with E-state index in [-0.39, 0.29) is 25.5 Å². The molecule has 248 valence electrons. The predicted octanol–water partition coefficient (Wildman–Crippen LogP) is 6.49. The van der Waals surface area contributed by atoms with E-state index in [1.54, 1.807) is 62.8 Å². The molecule has 1 aliphatic rings. The van der Waals surface area contributed by atoms with Crippen molar-refractivity contribution in [1.82, 2.24) is 10.9 Å². The van der Waals surface area contributed by atoms with Crippen LogP contribution in [0.5, 0.6) is 17.2 Å². The summed E-state index contributed by atoms with van der Waals surface area (Å²) in [6, 6.07) is 27.2. The highest BCUT2D eigenvalue weighted by atomic mass is 79.9. The second-order valence-corrected chi connectivity index (χ2v) is 11.7. The molecule has 0 fully saturated rings. The van der Waals surface area contributed by atoms with Crippen LogP contribution in [0.15, 0.2) is 106 Å². The number of aliphatic hydroxyl groups excluding tert-OH is 1. The highest BCUT2D eigenvalue weighted by molar-refractivity contribution is 9.10. The summed E-state index contributed by atoms with van der Waals surface area (Å²) >= 11 is 3.65. The molecule has 0 saturated heterocycles. The van der Waals surface area contributed by atoms with Crippen LogP contribution < -0.4 is 25.1 Å². The first kappa shape index (κ1) is 34.3. The van der Waals surface area contributed by atoms with Gasteiger partial charge in [-0.25, -0.2) is 10.4 Å². The van der Waals surface area contributed by atoms with Crippen molar-refractivity contribution >= 4 is 33.4 Å². The molecule has 4 aromatic rings. The number of hydrogen-bond acceptors (Lipinski definition) is 9. The van der Waals surface area contributed by atoms with E-state index < -0.39 is 17.6 Å². The highest BCUT2D eigenvalue weighted by Gasteiger charge is 2.54. The monoisotopic (exact) mass is 714 g/mol. The molecule has 1 heterocycles. The number of methoxy groups -OCH3 is 2. The zero-order valence-electron chi connectivity index (χ0n) is 26.4. The van der Waals surface area contributed by atoms with Gasteiger partial charge in [-0.05, 0) is 59.1 Å². The molecule has 2 atom stereocenters. The van der Waals surface area contributed by atoms with E-state index >= 15 is 0 Å². The number of azide groups is 1. The maximum absolute atomic E-state index is 14.6. The number of hydrogen-bond donors (Lipinski definition) is 3. The lowest BCUT2D eigenvalue weighted by Crippen LogP contribution is -2.53. The molecule has 3 N–H and O–H groups in total. The number of carbonyl (C=O) groups excluding carboxylic acids is 1. The number of hydrazine groups is 1. The van der Waals surface area contributed by atoms with Crippen LogP contribution in [0, 0.1) is 0 Å². The predicted molar refractivity (Wildman–Crippen MR) is 184 cm³/mol. The summed E-state index contributed by atoms with van der Waals surface area (Å²) in [6.45, 7) is 0.684. The van der Waals surface area contributed by atoms with Crippen LogP contribution in [0.2, 0.25) is 0 Å². The van der Waals surface area contributed by atoms with Crippen LogP contribution in [0.4, 0.5) is 5.69 Å². The molecule has 13 heteroatoms. The first-order chi connectivity index (χ1) is 23.4. The molecule has 0 saturated carbocycles. The van der Waals surface area contributed by atoms with Gasteiger partial charge in [-0.15, -0.1) is 0 Å². The van der Waals surface area contributed by atoms with Crippen molar-refractivity contribution in [3.8, 4) is 17.2 Å². The molecule has 1 amide bonds. The minimum atomic E-state index is -1.55. The molecule has 0 spiro atoms. The Balaban J connectivity index is 1.55. The Morgan fingerprint density at radius 3 is 2.52 bits per heavy atom. The molecule has 4 aromatic carbocycles. The second kappa shape index (κ2) is 16.2. The summed E-state index contributed by atoms with van der Waals surface area (Å²) < 4.78 is 23.8. The number of rotatable bonds is 15. The number of aliphatic hydroxyl groups is 1. The smallest absolute Gasteiger partial charge is 0.266 e. The number of nitrogens with one attached hydrogen (secondary N) is 2. The molecule has 1 aliphatic heterocycles. The van der Waals surface area contributed by atoms with Crippen LogP contribution in [-0.4, -0.2) is 49.9 Å². The highest BCUT2D eigenvalue weighted by Crippen LogP contribution is 2.45. The Kier molecular flexibility index (Phi) is 11.5. The molecule has 5 rings (SSSR count). The average molecular weight is 716 g/mol. The number of benzene rings is 4. The van der Waals surface area contributed by atoms with Gasteiger partial charge in [0.1, 0.15) is 5.75 Å². The maximum Gasteiger partial charge on any atom is 0.266 e. The second-order valence-electron chi connectivity index (χ2n) is 10.8. The minimum absolute atomic E-state index is 0.0370. The van der Waals surface area contributed by atoms with Crippen molar-refractivity contribution in [3.63, 3.8) is 0 Å². The Hall–Kier alpha value is -5.07. The fourth-order valence-corrected chi connectivity index (χ4v) is 5.86. The lowest BCUT2D eigenvalue weighted by Gasteiger charge is -2.31. The summed E-state index contributed by atoms with van der Waals surface area (Å²) in [5.74, 6) is 1.58. The van der Waals surface area contributed by atoms with E-state index in [1.807, 2.05) is 42.5 Å². The molecule has 0 radical (unpaired) electrons. The molecular formula is C35H35BrN6O6. The van der Waals surface area contributed by atoms with Gasteiger partial charge in [-0.2, -0.15) is 0 Å². The fourth-order valence-electron chi connectivity index (χ4n) is 5.37. The summed E-state index contributed by atoms with van der Waals surface area (Å²) in [5.41, 5.74) is 16.8. The molecule has 0 unspecified atom stereocenters. The molecule has 48 heavy (non-hydrogen) atoms. The fraction of sp³-hybridized carbons (Fsp3) is 0.257. The van der Waals surface area contributed by atoms with Gasteiger partial charge in [0, 0.05) is 52.2 Å². The number of aliphatic imine (C=N–C) groups is 1. The van der Waals surface area contributed by atoms with Crippen molar-refractivity contribution in [2.75, 3.05) is 27.4 Å². The first-order valence-corrected chi connectivity index (χ1v) is 15.9. The molecule has 0 bridgehead atoms.